The molecule has 1 aliphatic rings. The molecular weight excluding hydrogens is 289 g/mol. The van der Waals surface area contributed by atoms with E-state index in [4.69, 9.17) is 27.7 Å². The summed E-state index contributed by atoms with van der Waals surface area (Å²) in [5.74, 6) is 0.925. The van der Waals surface area contributed by atoms with Crippen molar-refractivity contribution < 1.29 is 9.63 Å². The molecule has 0 aliphatic carbocycles. The van der Waals surface area contributed by atoms with Gasteiger partial charge < -0.3 is 14.9 Å². The van der Waals surface area contributed by atoms with Crippen LogP contribution in [0.1, 0.15) is 18.4 Å². The fourth-order valence-electron chi connectivity index (χ4n) is 2.03. The molecule has 2 N–H and O–H groups in total. The standard InChI is InChI=1S/C12H11Cl2N3O2/c13-8-2-1-6(3-9(8)14)11-16-12(19-17-11)10-4-7(18)5-15-10/h1-3,7,10,15,18H,4-5H2/t7-,10-/m0/s1. The zero-order valence-corrected chi connectivity index (χ0v) is 11.3. The number of β-amino-alcohol motifs (C(OH)–C–C–N with tert-alkyl or cyclic N) is 1. The third-order valence-electron chi connectivity index (χ3n) is 3.03. The van der Waals surface area contributed by atoms with Crippen LogP contribution in [-0.4, -0.2) is 27.9 Å². The highest BCUT2D eigenvalue weighted by molar-refractivity contribution is 6.42. The van der Waals surface area contributed by atoms with E-state index < -0.39 is 0 Å². The summed E-state index contributed by atoms with van der Waals surface area (Å²) in [5, 5.41) is 17.4. The molecule has 1 fully saturated rings. The predicted octanol–water partition coefficient (Wildman–Crippen LogP) is 2.44. The Hall–Kier alpha value is -1.14. The maximum Gasteiger partial charge on any atom is 0.244 e. The minimum atomic E-state index is -0.370. The molecule has 1 saturated heterocycles. The molecule has 5 nitrogen and oxygen atoms in total. The number of hydrogen-bond acceptors (Lipinski definition) is 5. The predicted molar refractivity (Wildman–Crippen MR) is 71.1 cm³/mol. The van der Waals surface area contributed by atoms with Crippen LogP contribution >= 0.6 is 23.2 Å². The first-order valence-corrected chi connectivity index (χ1v) is 6.59. The van der Waals surface area contributed by atoms with E-state index in [1.165, 1.54) is 0 Å². The van der Waals surface area contributed by atoms with Crippen molar-refractivity contribution >= 4 is 23.2 Å². The van der Waals surface area contributed by atoms with Crippen LogP contribution in [0.3, 0.4) is 0 Å². The molecule has 0 unspecified atom stereocenters. The lowest BCUT2D eigenvalue weighted by molar-refractivity contribution is 0.191. The highest BCUT2D eigenvalue weighted by Crippen LogP contribution is 2.28. The maximum atomic E-state index is 9.47. The van der Waals surface area contributed by atoms with Crippen LogP contribution in [0.25, 0.3) is 11.4 Å². The van der Waals surface area contributed by atoms with Crippen LogP contribution in [0, 0.1) is 0 Å². The number of rotatable bonds is 2. The quantitative estimate of drug-likeness (QED) is 0.891. The SMILES string of the molecule is O[C@@H]1CN[C@H](c2nc(-c3ccc(Cl)c(Cl)c3)no2)C1. The first-order valence-electron chi connectivity index (χ1n) is 5.84. The molecule has 7 heteroatoms. The van der Waals surface area contributed by atoms with Crippen LogP contribution in [0.2, 0.25) is 10.0 Å². The van der Waals surface area contributed by atoms with Gasteiger partial charge in [-0.1, -0.05) is 28.4 Å². The zero-order chi connectivity index (χ0) is 13.4. The summed E-state index contributed by atoms with van der Waals surface area (Å²) in [6.45, 7) is 0.537. The highest BCUT2D eigenvalue weighted by atomic mass is 35.5. The number of hydrogen-bond donors (Lipinski definition) is 2. The third kappa shape index (κ3) is 2.60. The Balaban J connectivity index is 1.86. The molecule has 0 saturated carbocycles. The van der Waals surface area contributed by atoms with E-state index in [-0.39, 0.29) is 12.1 Å². The fraction of sp³-hybridized carbons (Fsp3) is 0.333. The summed E-state index contributed by atoms with van der Waals surface area (Å²) >= 11 is 11.8. The summed E-state index contributed by atoms with van der Waals surface area (Å²) in [6, 6.07) is 5.06. The Kier molecular flexibility index (Phi) is 3.45. The molecule has 0 spiro atoms. The number of nitrogens with zero attached hydrogens (tertiary/aromatic N) is 2. The Labute approximate surface area is 119 Å². The van der Waals surface area contributed by atoms with Gasteiger partial charge in [-0.25, -0.2) is 0 Å². The van der Waals surface area contributed by atoms with Gasteiger partial charge in [0.15, 0.2) is 0 Å². The fourth-order valence-corrected chi connectivity index (χ4v) is 2.33. The van der Waals surface area contributed by atoms with Crippen LogP contribution in [0.5, 0.6) is 0 Å². The minimum Gasteiger partial charge on any atom is -0.392 e. The van der Waals surface area contributed by atoms with E-state index in [1.807, 2.05) is 0 Å². The summed E-state index contributed by atoms with van der Waals surface area (Å²) in [5.41, 5.74) is 0.739. The van der Waals surface area contributed by atoms with Crippen molar-refractivity contribution in [3.8, 4) is 11.4 Å². The average molecular weight is 300 g/mol. The lowest BCUT2D eigenvalue weighted by Crippen LogP contribution is -2.15. The lowest BCUT2D eigenvalue weighted by atomic mass is 10.2. The molecule has 0 radical (unpaired) electrons. The number of aliphatic hydroxyl groups is 1. The summed E-state index contributed by atoms with van der Waals surface area (Å²) in [7, 11) is 0. The summed E-state index contributed by atoms with van der Waals surface area (Å²) in [4.78, 5) is 4.31. The topological polar surface area (TPSA) is 71.2 Å². The van der Waals surface area contributed by atoms with Gasteiger partial charge in [-0.2, -0.15) is 4.98 Å². The Morgan fingerprint density at radius 3 is 2.84 bits per heavy atom. The smallest absolute Gasteiger partial charge is 0.244 e. The molecule has 0 amide bonds. The number of benzene rings is 1. The average Bonchev–Trinajstić information content (AvgIpc) is 3.01. The van der Waals surface area contributed by atoms with Crippen molar-refractivity contribution in [1.29, 1.82) is 0 Å². The molecule has 2 heterocycles. The van der Waals surface area contributed by atoms with Crippen LogP contribution < -0.4 is 5.32 Å². The largest absolute Gasteiger partial charge is 0.392 e. The van der Waals surface area contributed by atoms with Gasteiger partial charge in [0.1, 0.15) is 0 Å². The van der Waals surface area contributed by atoms with E-state index >= 15 is 0 Å². The molecule has 2 aromatic rings. The first kappa shape index (κ1) is 12.9. The van der Waals surface area contributed by atoms with Crippen molar-refractivity contribution in [2.45, 2.75) is 18.6 Å². The van der Waals surface area contributed by atoms with Gasteiger partial charge in [0.25, 0.3) is 0 Å². The summed E-state index contributed by atoms with van der Waals surface area (Å²) < 4.78 is 5.21. The maximum absolute atomic E-state index is 9.47. The van der Waals surface area contributed by atoms with E-state index in [9.17, 15) is 5.11 Å². The van der Waals surface area contributed by atoms with E-state index in [1.54, 1.807) is 18.2 Å². The second-order valence-corrected chi connectivity index (χ2v) is 5.25. The molecule has 100 valence electrons. The van der Waals surface area contributed by atoms with Gasteiger partial charge in [-0.3, -0.25) is 0 Å². The van der Waals surface area contributed by atoms with Gasteiger partial charge in [-0.15, -0.1) is 0 Å². The second-order valence-electron chi connectivity index (χ2n) is 4.44. The zero-order valence-electron chi connectivity index (χ0n) is 9.81. The highest BCUT2D eigenvalue weighted by Gasteiger charge is 2.28. The molecule has 0 bridgehead atoms. The molecule has 1 aromatic heterocycles. The van der Waals surface area contributed by atoms with Gasteiger partial charge in [0.2, 0.25) is 11.7 Å². The third-order valence-corrected chi connectivity index (χ3v) is 3.76. The number of aromatic nitrogens is 2. The van der Waals surface area contributed by atoms with Crippen molar-refractivity contribution in [3.05, 3.63) is 34.1 Å². The minimum absolute atomic E-state index is 0.0981. The van der Waals surface area contributed by atoms with E-state index in [2.05, 4.69) is 15.5 Å². The van der Waals surface area contributed by atoms with Gasteiger partial charge in [0, 0.05) is 12.1 Å². The van der Waals surface area contributed by atoms with Crippen molar-refractivity contribution in [2.24, 2.45) is 0 Å². The van der Waals surface area contributed by atoms with E-state index in [0.717, 1.165) is 5.56 Å². The Bertz CT molecular complexity index is 602. The lowest BCUT2D eigenvalue weighted by Gasteiger charge is -2.01. The van der Waals surface area contributed by atoms with E-state index in [0.29, 0.717) is 34.7 Å². The normalized spacial score (nSPS) is 22.9. The van der Waals surface area contributed by atoms with Crippen molar-refractivity contribution in [2.75, 3.05) is 6.54 Å². The molecule has 1 aliphatic heterocycles. The molecule has 1 aromatic carbocycles. The Morgan fingerprint density at radius 2 is 2.16 bits per heavy atom. The van der Waals surface area contributed by atoms with Crippen molar-refractivity contribution in [3.63, 3.8) is 0 Å². The number of aliphatic hydroxyl groups excluding tert-OH is 1. The second kappa shape index (κ2) is 5.09. The monoisotopic (exact) mass is 299 g/mol. The molecule has 3 rings (SSSR count). The first-order chi connectivity index (χ1) is 9.13. The molecular formula is C12H11Cl2N3O2. The van der Waals surface area contributed by atoms with Crippen LogP contribution in [0.4, 0.5) is 0 Å². The number of nitrogens with one attached hydrogen (secondary N) is 1. The summed E-state index contributed by atoms with van der Waals surface area (Å²) in [6.07, 6.45) is 0.202. The van der Waals surface area contributed by atoms with Crippen LogP contribution in [-0.2, 0) is 0 Å². The van der Waals surface area contributed by atoms with Gasteiger partial charge >= 0.3 is 0 Å². The number of halogens is 2. The van der Waals surface area contributed by atoms with Gasteiger partial charge in [0.05, 0.1) is 22.2 Å². The van der Waals surface area contributed by atoms with Gasteiger partial charge in [-0.05, 0) is 24.6 Å². The molecule has 2 atom stereocenters. The Morgan fingerprint density at radius 1 is 1.32 bits per heavy atom. The van der Waals surface area contributed by atoms with Crippen molar-refractivity contribution in [1.82, 2.24) is 15.5 Å². The molecule has 19 heavy (non-hydrogen) atoms. The van der Waals surface area contributed by atoms with Crippen LogP contribution in [0.15, 0.2) is 22.7 Å².